The molecule has 1 aromatic rings. The fourth-order valence-electron chi connectivity index (χ4n) is 1.67. The summed E-state index contributed by atoms with van der Waals surface area (Å²) in [6, 6.07) is 3.15. The highest BCUT2D eigenvalue weighted by molar-refractivity contribution is 5.91. The van der Waals surface area contributed by atoms with Crippen LogP contribution in [-0.2, 0) is 6.18 Å². The average molecular weight is 290 g/mol. The fraction of sp³-hybridized carbons (Fsp3) is 0.462. The third kappa shape index (κ3) is 4.12. The molecule has 0 spiro atoms. The predicted octanol–water partition coefficient (Wildman–Crippen LogP) is 2.40. The third-order valence-electron chi connectivity index (χ3n) is 2.86. The minimum atomic E-state index is -4.67. The first-order valence-corrected chi connectivity index (χ1v) is 5.93. The number of nitrogens with zero attached hydrogens (tertiary/aromatic N) is 2. The Morgan fingerprint density at radius 3 is 2.25 bits per heavy atom. The lowest BCUT2D eigenvalue weighted by molar-refractivity contribution is -0.138. The van der Waals surface area contributed by atoms with Crippen LogP contribution in [0.25, 0.3) is 0 Å². The van der Waals surface area contributed by atoms with Gasteiger partial charge in [-0.3, -0.25) is 0 Å². The number of rotatable bonds is 5. The Labute approximate surface area is 115 Å². The van der Waals surface area contributed by atoms with E-state index in [0.717, 1.165) is 12.1 Å². The van der Waals surface area contributed by atoms with Gasteiger partial charge in [-0.25, -0.2) is 4.79 Å². The summed E-state index contributed by atoms with van der Waals surface area (Å²) in [4.78, 5) is 14.6. The molecule has 112 valence electrons. The van der Waals surface area contributed by atoms with E-state index in [4.69, 9.17) is 5.11 Å². The minimum Gasteiger partial charge on any atom is -0.478 e. The Hall–Kier alpha value is -1.76. The van der Waals surface area contributed by atoms with Crippen LogP contribution in [0.2, 0.25) is 0 Å². The monoisotopic (exact) mass is 290 g/mol. The van der Waals surface area contributed by atoms with Crippen LogP contribution < -0.4 is 4.90 Å². The average Bonchev–Trinajstić information content (AvgIpc) is 2.33. The quantitative estimate of drug-likeness (QED) is 0.904. The highest BCUT2D eigenvalue weighted by atomic mass is 19.4. The number of carboxylic acid groups (broad SMARTS) is 1. The van der Waals surface area contributed by atoms with Crippen molar-refractivity contribution in [2.45, 2.75) is 6.18 Å². The van der Waals surface area contributed by atoms with Gasteiger partial charge in [0.1, 0.15) is 0 Å². The van der Waals surface area contributed by atoms with Crippen molar-refractivity contribution in [3.05, 3.63) is 29.3 Å². The van der Waals surface area contributed by atoms with E-state index in [2.05, 4.69) is 0 Å². The molecule has 0 aliphatic carbocycles. The first-order chi connectivity index (χ1) is 9.12. The molecule has 1 N–H and O–H groups in total. The normalized spacial score (nSPS) is 11.8. The van der Waals surface area contributed by atoms with Gasteiger partial charge in [-0.1, -0.05) is 0 Å². The van der Waals surface area contributed by atoms with Crippen LogP contribution in [-0.4, -0.2) is 50.2 Å². The number of carbonyl (C=O) groups is 1. The van der Waals surface area contributed by atoms with E-state index >= 15 is 0 Å². The van der Waals surface area contributed by atoms with Gasteiger partial charge in [-0.2, -0.15) is 13.2 Å². The second-order valence-corrected chi connectivity index (χ2v) is 4.76. The first kappa shape index (κ1) is 16.3. The molecule has 1 rings (SSSR count). The summed E-state index contributed by atoms with van der Waals surface area (Å²) in [5.74, 6) is -1.58. The van der Waals surface area contributed by atoms with Crippen LogP contribution in [0.4, 0.5) is 18.9 Å². The summed E-state index contributed by atoms with van der Waals surface area (Å²) in [5, 5.41) is 8.93. The summed E-state index contributed by atoms with van der Waals surface area (Å²) < 4.78 is 38.1. The van der Waals surface area contributed by atoms with Crippen molar-refractivity contribution < 1.29 is 23.1 Å². The van der Waals surface area contributed by atoms with Gasteiger partial charge in [0.25, 0.3) is 0 Å². The Kier molecular flexibility index (Phi) is 4.99. The second kappa shape index (κ2) is 6.13. The molecule has 0 atom stereocenters. The molecule has 0 aliphatic rings. The lowest BCUT2D eigenvalue weighted by Crippen LogP contribution is -2.28. The van der Waals surface area contributed by atoms with Crippen molar-refractivity contribution >= 4 is 11.7 Å². The number of hydrogen-bond acceptors (Lipinski definition) is 3. The molecule has 0 aliphatic heterocycles. The van der Waals surface area contributed by atoms with Gasteiger partial charge >= 0.3 is 12.1 Å². The zero-order valence-electron chi connectivity index (χ0n) is 11.5. The molecular weight excluding hydrogens is 273 g/mol. The molecule has 7 heteroatoms. The van der Waals surface area contributed by atoms with E-state index in [1.165, 1.54) is 6.07 Å². The van der Waals surface area contributed by atoms with Gasteiger partial charge in [0.05, 0.1) is 11.1 Å². The number of anilines is 1. The van der Waals surface area contributed by atoms with Crippen molar-refractivity contribution in [3.8, 4) is 0 Å². The Morgan fingerprint density at radius 2 is 1.80 bits per heavy atom. The molecule has 0 radical (unpaired) electrons. The fourth-order valence-corrected chi connectivity index (χ4v) is 1.67. The maximum atomic E-state index is 12.7. The third-order valence-corrected chi connectivity index (χ3v) is 2.86. The van der Waals surface area contributed by atoms with Crippen molar-refractivity contribution in [3.63, 3.8) is 0 Å². The van der Waals surface area contributed by atoms with Gasteiger partial charge in [0, 0.05) is 25.8 Å². The molecule has 0 unspecified atom stereocenters. The Balaban J connectivity index is 3.08. The maximum absolute atomic E-state index is 12.7. The molecule has 4 nitrogen and oxygen atoms in total. The molecule has 20 heavy (non-hydrogen) atoms. The van der Waals surface area contributed by atoms with Gasteiger partial charge in [0.2, 0.25) is 0 Å². The first-order valence-electron chi connectivity index (χ1n) is 5.93. The molecule has 1 aromatic carbocycles. The van der Waals surface area contributed by atoms with Crippen molar-refractivity contribution in [2.75, 3.05) is 39.1 Å². The van der Waals surface area contributed by atoms with E-state index in [0.29, 0.717) is 18.8 Å². The number of alkyl halides is 3. The number of carboxylic acids is 1. The Bertz CT molecular complexity index is 487. The van der Waals surface area contributed by atoms with Crippen molar-refractivity contribution in [1.82, 2.24) is 4.90 Å². The zero-order valence-corrected chi connectivity index (χ0v) is 11.5. The zero-order chi connectivity index (χ0) is 15.5. The van der Waals surface area contributed by atoms with Crippen molar-refractivity contribution in [1.29, 1.82) is 0 Å². The number of halogens is 3. The summed E-state index contributed by atoms with van der Waals surface area (Å²) in [5.41, 5.74) is -1.42. The molecule has 0 fully saturated rings. The number of likely N-dealkylation sites (N-methyl/N-ethyl adjacent to an activating group) is 2. The van der Waals surface area contributed by atoms with E-state index in [9.17, 15) is 18.0 Å². The summed E-state index contributed by atoms with van der Waals surface area (Å²) in [7, 11) is 5.46. The van der Waals surface area contributed by atoms with E-state index in [1.54, 1.807) is 11.9 Å². The predicted molar refractivity (Wildman–Crippen MR) is 70.2 cm³/mol. The van der Waals surface area contributed by atoms with Crippen LogP contribution in [0.1, 0.15) is 15.9 Å². The number of hydrogen-bond donors (Lipinski definition) is 1. The van der Waals surface area contributed by atoms with E-state index in [1.807, 2.05) is 19.0 Å². The molecule has 0 aromatic heterocycles. The van der Waals surface area contributed by atoms with Gasteiger partial charge in [-0.15, -0.1) is 0 Å². The molecular formula is C13H17F3N2O2. The maximum Gasteiger partial charge on any atom is 0.417 e. The lowest BCUT2D eigenvalue weighted by Gasteiger charge is -2.22. The van der Waals surface area contributed by atoms with Gasteiger partial charge < -0.3 is 14.9 Å². The largest absolute Gasteiger partial charge is 0.478 e. The molecule has 0 heterocycles. The van der Waals surface area contributed by atoms with Crippen LogP contribution in [0.3, 0.4) is 0 Å². The lowest BCUT2D eigenvalue weighted by atomic mass is 10.1. The highest BCUT2D eigenvalue weighted by Crippen LogP contribution is 2.33. The summed E-state index contributed by atoms with van der Waals surface area (Å²) in [6.07, 6.45) is -4.67. The highest BCUT2D eigenvalue weighted by Gasteiger charge is 2.35. The molecule has 0 bridgehead atoms. The minimum absolute atomic E-state index is 0.442. The van der Waals surface area contributed by atoms with Crippen LogP contribution in [0, 0.1) is 0 Å². The summed E-state index contributed by atoms with van der Waals surface area (Å²) in [6.45, 7) is 1.29. The van der Waals surface area contributed by atoms with Gasteiger partial charge in [-0.05, 0) is 32.3 Å². The number of benzene rings is 1. The van der Waals surface area contributed by atoms with Gasteiger partial charge in [0.15, 0.2) is 0 Å². The number of aromatic carboxylic acids is 1. The van der Waals surface area contributed by atoms with Crippen LogP contribution in [0.5, 0.6) is 0 Å². The standard InChI is InChI=1S/C13H17F3N2O2/c1-17(2)6-7-18(3)9-4-5-11(13(14,15)16)10(8-9)12(19)20/h4-5,8H,6-7H2,1-3H3,(H,19,20). The topological polar surface area (TPSA) is 43.8 Å². The summed E-state index contributed by atoms with van der Waals surface area (Å²) >= 11 is 0. The second-order valence-electron chi connectivity index (χ2n) is 4.76. The molecule has 0 saturated heterocycles. The van der Waals surface area contributed by atoms with Crippen LogP contribution >= 0.6 is 0 Å². The SMILES string of the molecule is CN(C)CCN(C)c1ccc(C(F)(F)F)c(C(=O)O)c1. The van der Waals surface area contributed by atoms with Crippen molar-refractivity contribution in [2.24, 2.45) is 0 Å². The van der Waals surface area contributed by atoms with E-state index in [-0.39, 0.29) is 0 Å². The molecule has 0 saturated carbocycles. The Morgan fingerprint density at radius 1 is 1.20 bits per heavy atom. The van der Waals surface area contributed by atoms with Crippen LogP contribution in [0.15, 0.2) is 18.2 Å². The van der Waals surface area contributed by atoms with E-state index < -0.39 is 23.3 Å². The smallest absolute Gasteiger partial charge is 0.417 e. The molecule has 0 amide bonds.